The quantitative estimate of drug-likeness (QED) is 0.186. The van der Waals surface area contributed by atoms with E-state index in [0.717, 1.165) is 48.2 Å². The third-order valence-corrected chi connectivity index (χ3v) is 10.7. The number of aliphatic hydroxyl groups is 1. The fourth-order valence-corrected chi connectivity index (χ4v) is 7.86. The first-order chi connectivity index (χ1) is 22.4. The summed E-state index contributed by atoms with van der Waals surface area (Å²) in [5, 5.41) is 19.3. The van der Waals surface area contributed by atoms with Gasteiger partial charge in [-0.25, -0.2) is 22.4 Å². The Morgan fingerprint density at radius 1 is 0.913 bits per heavy atom. The Balaban J connectivity index is 1.33. The standard InChI is InChI=1S/C36H31N5O4S/c37-20-18-24-8-16-29(17-9-24)41-33-31-19-21-40(46(44,45)30-4-2-1-3-5-30)36(31)38-22-32(33)39-35(41)28-14-12-27(13-15-28)34(43)26-10-6-25(23-42)7-11-26/h1-7,10-15,19,21-22,24,29,42H,8-9,16-18,23H2/t24-,29-. The van der Waals surface area contributed by atoms with Crippen molar-refractivity contribution in [2.24, 2.45) is 5.92 Å². The number of hydrogen-bond donors (Lipinski definition) is 1. The van der Waals surface area contributed by atoms with Gasteiger partial charge >= 0.3 is 0 Å². The fourth-order valence-electron chi connectivity index (χ4n) is 6.54. The van der Waals surface area contributed by atoms with Gasteiger partial charge < -0.3 is 9.67 Å². The van der Waals surface area contributed by atoms with Gasteiger partial charge in [0.1, 0.15) is 11.3 Å². The van der Waals surface area contributed by atoms with Crippen molar-refractivity contribution >= 4 is 37.9 Å². The molecule has 7 rings (SSSR count). The van der Waals surface area contributed by atoms with Crippen molar-refractivity contribution in [3.05, 3.63) is 114 Å². The number of hydrogen-bond acceptors (Lipinski definition) is 7. The summed E-state index contributed by atoms with van der Waals surface area (Å²) in [6.45, 7) is -0.0838. The Kier molecular flexibility index (Phi) is 7.72. The molecule has 0 radical (unpaired) electrons. The van der Waals surface area contributed by atoms with Crippen LogP contribution in [0.15, 0.2) is 102 Å². The summed E-state index contributed by atoms with van der Waals surface area (Å²) in [7, 11) is -3.88. The second-order valence-electron chi connectivity index (χ2n) is 11.8. The molecule has 1 aliphatic rings. The molecule has 1 aliphatic carbocycles. The van der Waals surface area contributed by atoms with Crippen LogP contribution in [0.3, 0.4) is 0 Å². The molecule has 46 heavy (non-hydrogen) atoms. The summed E-state index contributed by atoms with van der Waals surface area (Å²) in [5.41, 5.74) is 4.43. The van der Waals surface area contributed by atoms with Crippen LogP contribution in [-0.4, -0.2) is 37.8 Å². The molecule has 1 N–H and O–H groups in total. The van der Waals surface area contributed by atoms with Gasteiger partial charge in [-0.15, -0.1) is 0 Å². The Bertz CT molecular complexity index is 2210. The normalized spacial score (nSPS) is 16.9. The van der Waals surface area contributed by atoms with E-state index in [1.54, 1.807) is 85.2 Å². The van der Waals surface area contributed by atoms with Gasteiger partial charge in [0, 0.05) is 40.7 Å². The number of rotatable bonds is 8. The van der Waals surface area contributed by atoms with Gasteiger partial charge in [0.05, 0.1) is 29.3 Å². The van der Waals surface area contributed by atoms with Gasteiger partial charge in [0.15, 0.2) is 11.4 Å². The van der Waals surface area contributed by atoms with Crippen molar-refractivity contribution in [2.75, 3.05) is 0 Å². The second-order valence-corrected chi connectivity index (χ2v) is 13.6. The maximum absolute atomic E-state index is 13.6. The number of carbonyl (C=O) groups is 1. The average molecular weight is 630 g/mol. The van der Waals surface area contributed by atoms with Crippen LogP contribution in [0.25, 0.3) is 33.5 Å². The van der Waals surface area contributed by atoms with Gasteiger partial charge in [-0.3, -0.25) is 4.79 Å². The van der Waals surface area contributed by atoms with Crippen LogP contribution in [0.1, 0.15) is 59.6 Å². The molecule has 6 aromatic rings. The molecule has 3 aromatic carbocycles. The molecule has 0 spiro atoms. The lowest BCUT2D eigenvalue weighted by molar-refractivity contribution is 0.103. The van der Waals surface area contributed by atoms with Crippen LogP contribution < -0.4 is 0 Å². The Hall–Kier alpha value is -5.11. The summed E-state index contributed by atoms with van der Waals surface area (Å²) in [6, 6.07) is 26.8. The monoisotopic (exact) mass is 629 g/mol. The maximum Gasteiger partial charge on any atom is 0.269 e. The Morgan fingerprint density at radius 3 is 2.24 bits per heavy atom. The van der Waals surface area contributed by atoms with Gasteiger partial charge in [0.25, 0.3) is 10.0 Å². The number of fused-ring (bicyclic) bond motifs is 3. The van der Waals surface area contributed by atoms with Gasteiger partial charge in [0.2, 0.25) is 0 Å². The van der Waals surface area contributed by atoms with Crippen molar-refractivity contribution in [3.63, 3.8) is 0 Å². The van der Waals surface area contributed by atoms with E-state index in [-0.39, 0.29) is 23.3 Å². The van der Waals surface area contributed by atoms with Crippen molar-refractivity contribution < 1.29 is 18.3 Å². The smallest absolute Gasteiger partial charge is 0.269 e. The first-order valence-electron chi connectivity index (χ1n) is 15.3. The zero-order valence-electron chi connectivity index (χ0n) is 25.0. The summed E-state index contributed by atoms with van der Waals surface area (Å²) >= 11 is 0. The largest absolute Gasteiger partial charge is 0.392 e. The number of aromatic nitrogens is 4. The zero-order valence-corrected chi connectivity index (χ0v) is 25.8. The van der Waals surface area contributed by atoms with Crippen LogP contribution in [-0.2, 0) is 16.6 Å². The molecule has 0 amide bonds. The van der Waals surface area contributed by atoms with E-state index in [1.165, 1.54) is 3.97 Å². The highest BCUT2D eigenvalue weighted by Gasteiger charge is 2.29. The molecule has 1 saturated carbocycles. The van der Waals surface area contributed by atoms with E-state index < -0.39 is 10.0 Å². The molecule has 1 fully saturated rings. The predicted molar refractivity (Wildman–Crippen MR) is 175 cm³/mol. The highest BCUT2D eigenvalue weighted by atomic mass is 32.2. The van der Waals surface area contributed by atoms with Crippen molar-refractivity contribution in [1.82, 2.24) is 18.5 Å². The number of carbonyl (C=O) groups excluding carboxylic acids is 1. The van der Waals surface area contributed by atoms with Gasteiger partial charge in [-0.1, -0.05) is 66.7 Å². The molecular formula is C36H31N5O4S. The van der Waals surface area contributed by atoms with Crippen LogP contribution in [0.5, 0.6) is 0 Å². The van der Waals surface area contributed by atoms with Crippen LogP contribution in [0.4, 0.5) is 0 Å². The zero-order chi connectivity index (χ0) is 31.8. The fraction of sp³-hybridized carbons (Fsp3) is 0.222. The number of imidazole rings is 1. The third kappa shape index (κ3) is 5.17. The molecule has 3 aromatic heterocycles. The van der Waals surface area contributed by atoms with Gasteiger partial charge in [-0.05, 0) is 55.4 Å². The topological polar surface area (TPSA) is 131 Å². The molecule has 10 heteroatoms. The minimum absolute atomic E-state index is 0.0838. The average Bonchev–Trinajstić information content (AvgIpc) is 3.72. The molecule has 0 aliphatic heterocycles. The van der Waals surface area contributed by atoms with E-state index in [2.05, 4.69) is 15.6 Å². The van der Waals surface area contributed by atoms with Crippen molar-refractivity contribution in [1.29, 1.82) is 5.26 Å². The lowest BCUT2D eigenvalue weighted by atomic mass is 9.84. The molecule has 3 heterocycles. The number of nitrogens with zero attached hydrogens (tertiary/aromatic N) is 5. The Morgan fingerprint density at radius 2 is 1.59 bits per heavy atom. The lowest BCUT2D eigenvalue weighted by Gasteiger charge is -2.30. The number of benzene rings is 3. The first-order valence-corrected chi connectivity index (χ1v) is 16.7. The minimum atomic E-state index is -3.88. The summed E-state index contributed by atoms with van der Waals surface area (Å²) in [6.07, 6.45) is 7.26. The van der Waals surface area contributed by atoms with Crippen LogP contribution in [0.2, 0.25) is 0 Å². The SMILES string of the molecule is N#CC[C@H]1CC[C@H](n2c(-c3ccc(C(=O)c4ccc(CO)cc4)cc3)nc3cnc4c(ccn4S(=O)(=O)c4ccccc4)c32)CC1. The minimum Gasteiger partial charge on any atom is -0.392 e. The number of pyridine rings is 1. The van der Waals surface area contributed by atoms with Crippen molar-refractivity contribution in [3.8, 4) is 17.5 Å². The lowest BCUT2D eigenvalue weighted by Crippen LogP contribution is -2.19. The third-order valence-electron chi connectivity index (χ3n) is 8.99. The van der Waals surface area contributed by atoms with E-state index in [1.807, 2.05) is 12.1 Å². The molecular weight excluding hydrogens is 598 g/mol. The highest BCUT2D eigenvalue weighted by Crippen LogP contribution is 2.40. The van der Waals surface area contributed by atoms with E-state index in [9.17, 15) is 23.6 Å². The number of nitriles is 1. The predicted octanol–water partition coefficient (Wildman–Crippen LogP) is 6.66. The van der Waals surface area contributed by atoms with E-state index >= 15 is 0 Å². The van der Waals surface area contributed by atoms with Gasteiger partial charge in [-0.2, -0.15) is 5.26 Å². The number of ketones is 1. The Labute approximate surface area is 266 Å². The van der Waals surface area contributed by atoms with Crippen LogP contribution in [0, 0.1) is 17.2 Å². The van der Waals surface area contributed by atoms with E-state index in [0.29, 0.717) is 40.0 Å². The first kappa shape index (κ1) is 29.6. The second kappa shape index (κ2) is 12.0. The summed E-state index contributed by atoms with van der Waals surface area (Å²) in [4.78, 5) is 23.0. The molecule has 0 bridgehead atoms. The number of aliphatic hydroxyl groups excluding tert-OH is 1. The summed E-state index contributed by atoms with van der Waals surface area (Å²) in [5.74, 6) is 0.959. The maximum atomic E-state index is 13.6. The van der Waals surface area contributed by atoms with Crippen LogP contribution >= 0.6 is 0 Å². The molecule has 230 valence electrons. The molecule has 0 saturated heterocycles. The molecule has 0 atom stereocenters. The summed E-state index contributed by atoms with van der Waals surface area (Å²) < 4.78 is 30.7. The van der Waals surface area contributed by atoms with E-state index in [4.69, 9.17) is 4.98 Å². The molecule has 9 nitrogen and oxygen atoms in total. The van der Waals surface area contributed by atoms with Crippen molar-refractivity contribution in [2.45, 2.75) is 49.6 Å². The molecule has 0 unspecified atom stereocenters. The highest BCUT2D eigenvalue weighted by molar-refractivity contribution is 7.90.